The average Bonchev–Trinajstić information content (AvgIpc) is 2.32. The number of rotatable bonds is 2. The normalized spacial score (nSPS) is 24.2. The van der Waals surface area contributed by atoms with E-state index in [1.165, 1.54) is 0 Å². The molecule has 80 valence electrons. The zero-order valence-corrected chi connectivity index (χ0v) is 8.11. The predicted molar refractivity (Wildman–Crippen MR) is 45.1 cm³/mol. The van der Waals surface area contributed by atoms with Gasteiger partial charge in [-0.3, -0.25) is 5.73 Å². The number of nitrogens with two attached hydrogens (primary N) is 1. The first-order valence-corrected chi connectivity index (χ1v) is 4.17. The van der Waals surface area contributed by atoms with Crippen LogP contribution in [-0.4, -0.2) is 31.6 Å². The highest BCUT2D eigenvalue weighted by molar-refractivity contribution is 5.80. The van der Waals surface area contributed by atoms with E-state index >= 15 is 0 Å². The molecule has 1 atom stereocenters. The van der Waals surface area contributed by atoms with Crippen molar-refractivity contribution >= 4 is 12.1 Å². The standard InChI is InChI=1S/C8H13NO5/c1-8(2)3-12-6(10)5(8)14-7(11)13-4-9/h5H,3-4,9H2,1-2H3/t5-/m0/s1. The Hall–Kier alpha value is -1.30. The molecular formula is C8H13NO5. The number of hydrogen-bond donors (Lipinski definition) is 1. The molecule has 14 heavy (non-hydrogen) atoms. The molecule has 0 aromatic rings. The summed E-state index contributed by atoms with van der Waals surface area (Å²) in [5.74, 6) is -0.552. The minimum Gasteiger partial charge on any atom is -0.462 e. The highest BCUT2D eigenvalue weighted by Gasteiger charge is 2.46. The lowest BCUT2D eigenvalue weighted by molar-refractivity contribution is -0.146. The molecule has 0 aromatic heterocycles. The van der Waals surface area contributed by atoms with Gasteiger partial charge in [0.15, 0.2) is 0 Å². The van der Waals surface area contributed by atoms with Crippen LogP contribution in [0.4, 0.5) is 4.79 Å². The van der Waals surface area contributed by atoms with Gasteiger partial charge in [-0.05, 0) is 0 Å². The van der Waals surface area contributed by atoms with Gasteiger partial charge < -0.3 is 14.2 Å². The Morgan fingerprint density at radius 3 is 2.79 bits per heavy atom. The first kappa shape index (κ1) is 10.8. The lowest BCUT2D eigenvalue weighted by Crippen LogP contribution is -2.35. The molecule has 1 rings (SSSR count). The van der Waals surface area contributed by atoms with E-state index in [0.717, 1.165) is 0 Å². The van der Waals surface area contributed by atoms with E-state index in [0.29, 0.717) is 0 Å². The van der Waals surface area contributed by atoms with Gasteiger partial charge in [-0.1, -0.05) is 13.8 Å². The van der Waals surface area contributed by atoms with E-state index in [2.05, 4.69) is 4.74 Å². The molecule has 1 aliphatic rings. The zero-order chi connectivity index (χ0) is 10.8. The largest absolute Gasteiger partial charge is 0.510 e. The molecule has 0 saturated carbocycles. The molecule has 0 bridgehead atoms. The summed E-state index contributed by atoms with van der Waals surface area (Å²) in [5, 5.41) is 0. The van der Waals surface area contributed by atoms with Crippen molar-refractivity contribution < 1.29 is 23.8 Å². The Labute approximate surface area is 81.3 Å². The minimum absolute atomic E-state index is 0.229. The van der Waals surface area contributed by atoms with Gasteiger partial charge in [0.05, 0.1) is 0 Å². The van der Waals surface area contributed by atoms with Gasteiger partial charge in [0.1, 0.15) is 13.3 Å². The molecule has 6 nitrogen and oxygen atoms in total. The monoisotopic (exact) mass is 203 g/mol. The lowest BCUT2D eigenvalue weighted by atomic mass is 9.90. The van der Waals surface area contributed by atoms with E-state index in [1.807, 2.05) is 0 Å². The highest BCUT2D eigenvalue weighted by Crippen LogP contribution is 2.31. The quantitative estimate of drug-likeness (QED) is 0.502. The Bertz CT molecular complexity index is 250. The maximum absolute atomic E-state index is 11.1. The second-order valence-electron chi connectivity index (χ2n) is 3.66. The smallest absolute Gasteiger partial charge is 0.462 e. The summed E-state index contributed by atoms with van der Waals surface area (Å²) in [6, 6.07) is 0. The van der Waals surface area contributed by atoms with E-state index in [9.17, 15) is 9.59 Å². The van der Waals surface area contributed by atoms with Crippen molar-refractivity contribution in [1.29, 1.82) is 0 Å². The molecule has 0 aromatic carbocycles. The number of cyclic esters (lactones) is 1. The molecule has 2 N–H and O–H groups in total. The molecule has 0 unspecified atom stereocenters. The van der Waals surface area contributed by atoms with Crippen LogP contribution in [0.15, 0.2) is 0 Å². The van der Waals surface area contributed by atoms with Crippen molar-refractivity contribution in [3.05, 3.63) is 0 Å². The van der Waals surface area contributed by atoms with Gasteiger partial charge in [-0.25, -0.2) is 9.59 Å². The highest BCUT2D eigenvalue weighted by atomic mass is 16.7. The first-order chi connectivity index (χ1) is 6.47. The number of esters is 1. The average molecular weight is 203 g/mol. The van der Waals surface area contributed by atoms with Crippen LogP contribution in [0.5, 0.6) is 0 Å². The van der Waals surface area contributed by atoms with E-state index in [1.54, 1.807) is 13.8 Å². The molecule has 1 heterocycles. The molecule has 6 heteroatoms. The number of carbonyl (C=O) groups is 2. The van der Waals surface area contributed by atoms with E-state index in [4.69, 9.17) is 15.2 Å². The van der Waals surface area contributed by atoms with Crippen LogP contribution in [0.25, 0.3) is 0 Å². The third-order valence-electron chi connectivity index (χ3n) is 1.93. The Balaban J connectivity index is 2.58. The van der Waals surface area contributed by atoms with Gasteiger partial charge in [-0.2, -0.15) is 0 Å². The van der Waals surface area contributed by atoms with E-state index in [-0.39, 0.29) is 13.3 Å². The fraction of sp³-hybridized carbons (Fsp3) is 0.750. The van der Waals surface area contributed by atoms with Crippen molar-refractivity contribution in [3.8, 4) is 0 Å². The van der Waals surface area contributed by atoms with Crippen LogP contribution in [-0.2, 0) is 19.0 Å². The molecule has 0 radical (unpaired) electrons. The van der Waals surface area contributed by atoms with Crippen LogP contribution in [0.3, 0.4) is 0 Å². The Kier molecular flexibility index (Phi) is 2.95. The van der Waals surface area contributed by atoms with Crippen LogP contribution in [0, 0.1) is 5.41 Å². The number of hydrogen-bond acceptors (Lipinski definition) is 6. The van der Waals surface area contributed by atoms with Gasteiger partial charge in [0.2, 0.25) is 6.10 Å². The molecule has 1 fully saturated rings. The molecule has 1 aliphatic heterocycles. The first-order valence-electron chi connectivity index (χ1n) is 4.17. The summed E-state index contributed by atoms with van der Waals surface area (Å²) in [6.07, 6.45) is -1.87. The summed E-state index contributed by atoms with van der Waals surface area (Å²) >= 11 is 0. The molecule has 0 spiro atoms. The van der Waals surface area contributed by atoms with Crippen molar-refractivity contribution in [3.63, 3.8) is 0 Å². The second kappa shape index (κ2) is 3.83. The van der Waals surface area contributed by atoms with Crippen LogP contribution < -0.4 is 5.73 Å². The minimum atomic E-state index is -0.954. The summed E-state index contributed by atoms with van der Waals surface area (Å²) in [7, 11) is 0. The summed E-state index contributed by atoms with van der Waals surface area (Å²) < 4.78 is 13.9. The zero-order valence-electron chi connectivity index (χ0n) is 8.11. The van der Waals surface area contributed by atoms with Gasteiger partial charge in [-0.15, -0.1) is 0 Å². The van der Waals surface area contributed by atoms with Crippen molar-refractivity contribution in [1.82, 2.24) is 0 Å². The third-order valence-corrected chi connectivity index (χ3v) is 1.93. The van der Waals surface area contributed by atoms with Crippen LogP contribution in [0.2, 0.25) is 0 Å². The summed E-state index contributed by atoms with van der Waals surface area (Å²) in [4.78, 5) is 22.0. The third kappa shape index (κ3) is 2.14. The molecule has 0 amide bonds. The van der Waals surface area contributed by atoms with Crippen LogP contribution >= 0.6 is 0 Å². The molecule has 0 aliphatic carbocycles. The number of ether oxygens (including phenoxy) is 3. The number of carbonyl (C=O) groups excluding carboxylic acids is 2. The Morgan fingerprint density at radius 2 is 2.36 bits per heavy atom. The SMILES string of the molecule is CC1(C)COC(=O)[C@@H]1OC(=O)OCN. The predicted octanol–water partition coefficient (Wildman–Crippen LogP) is 0.00740. The topological polar surface area (TPSA) is 87.8 Å². The van der Waals surface area contributed by atoms with Gasteiger partial charge in [0, 0.05) is 5.41 Å². The fourth-order valence-corrected chi connectivity index (χ4v) is 1.13. The summed E-state index contributed by atoms with van der Waals surface area (Å²) in [6.45, 7) is 3.48. The van der Waals surface area contributed by atoms with E-state index < -0.39 is 23.6 Å². The van der Waals surface area contributed by atoms with Gasteiger partial charge >= 0.3 is 12.1 Å². The van der Waals surface area contributed by atoms with Crippen molar-refractivity contribution in [2.24, 2.45) is 11.1 Å². The second-order valence-corrected chi connectivity index (χ2v) is 3.66. The molecular weight excluding hydrogens is 190 g/mol. The van der Waals surface area contributed by atoms with Crippen molar-refractivity contribution in [2.75, 3.05) is 13.3 Å². The van der Waals surface area contributed by atoms with Gasteiger partial charge in [0.25, 0.3) is 0 Å². The maximum Gasteiger partial charge on any atom is 0.510 e. The maximum atomic E-state index is 11.1. The lowest BCUT2D eigenvalue weighted by Gasteiger charge is -2.20. The van der Waals surface area contributed by atoms with Crippen molar-refractivity contribution in [2.45, 2.75) is 20.0 Å². The van der Waals surface area contributed by atoms with Crippen LogP contribution in [0.1, 0.15) is 13.8 Å². The Morgan fingerprint density at radius 1 is 1.71 bits per heavy atom. The fourth-order valence-electron chi connectivity index (χ4n) is 1.13. The summed E-state index contributed by atoms with van der Waals surface area (Å²) in [5.41, 5.74) is 4.44. The molecule has 1 saturated heterocycles.